The molecule has 0 aliphatic heterocycles. The SMILES string of the molecule is FC(F)(F)c1cc(Br)cc(C(F)(F)F)c1.FC(F)(F)c1cccc(C(F)(F)F)c1.O=C(O)c1cccc(C(=O)O)c1.Oc1cc(C(F)(F)F)cc(C(F)(F)F)c1. The van der Waals surface area contributed by atoms with E-state index in [0.29, 0.717) is 24.3 Å². The molecule has 0 saturated heterocycles. The summed E-state index contributed by atoms with van der Waals surface area (Å²) in [5, 5.41) is 25.7. The normalized spacial score (nSPS) is 12.2. The second kappa shape index (κ2) is 18.2. The van der Waals surface area contributed by atoms with E-state index in [2.05, 4.69) is 15.9 Å². The number of halogens is 19. The highest BCUT2D eigenvalue weighted by molar-refractivity contribution is 9.10. The van der Waals surface area contributed by atoms with Gasteiger partial charge in [0, 0.05) is 4.47 Å². The third-order valence-corrected chi connectivity index (χ3v) is 6.46. The largest absolute Gasteiger partial charge is 0.508 e. The van der Waals surface area contributed by atoms with Crippen molar-refractivity contribution in [3.8, 4) is 5.75 Å². The Balaban J connectivity index is 0.000000375. The standard InChI is InChI=1S/C8H3BrF6.C8H4F6O.C8H4F6.C8H6O4/c9-6-2-4(7(10,11)12)1-5(3-6)8(13,14)15;9-7(10,11)4-1-5(8(12,13)14)3-6(15)2-4;9-7(10,11)5-2-1-3-6(4-5)8(12,13)14;9-7(10)5-2-1-3-6(4-5)8(11)12/h1-3H;1-3,15H;1-4H;1-4H,(H,9,10)(H,11,12). The number of aromatic carboxylic acids is 2. The van der Waals surface area contributed by atoms with E-state index in [1.54, 1.807) is 0 Å². The highest BCUT2D eigenvalue weighted by atomic mass is 79.9. The van der Waals surface area contributed by atoms with Gasteiger partial charge in [-0.15, -0.1) is 0 Å². The number of carboxylic acids is 2. The molecule has 4 rings (SSSR count). The molecule has 0 spiro atoms. The van der Waals surface area contributed by atoms with Gasteiger partial charge in [0.2, 0.25) is 0 Å². The lowest BCUT2D eigenvalue weighted by atomic mass is 10.1. The molecule has 0 heterocycles. The number of hydrogen-bond acceptors (Lipinski definition) is 3. The molecule has 0 unspecified atom stereocenters. The summed E-state index contributed by atoms with van der Waals surface area (Å²) >= 11 is 2.60. The average Bonchev–Trinajstić information content (AvgIpc) is 3.03. The summed E-state index contributed by atoms with van der Waals surface area (Å²) in [6.45, 7) is 0. The molecular formula is C32H17BrF18O5. The molecule has 0 atom stereocenters. The third kappa shape index (κ3) is 16.3. The molecule has 0 aliphatic rings. The molecule has 5 nitrogen and oxygen atoms in total. The first-order valence-electron chi connectivity index (χ1n) is 13.8. The van der Waals surface area contributed by atoms with E-state index in [1.165, 1.54) is 18.2 Å². The monoisotopic (exact) mass is 902 g/mol. The quantitative estimate of drug-likeness (QED) is 0.174. The molecule has 4 aromatic carbocycles. The Morgan fingerprint density at radius 1 is 0.393 bits per heavy atom. The molecule has 0 amide bonds. The summed E-state index contributed by atoms with van der Waals surface area (Å²) in [7, 11) is 0. The first-order valence-corrected chi connectivity index (χ1v) is 14.6. The van der Waals surface area contributed by atoms with Crippen molar-refractivity contribution in [2.45, 2.75) is 37.1 Å². The number of phenolic OH excluding ortho intramolecular Hbond substituents is 1. The molecule has 0 bridgehead atoms. The Labute approximate surface area is 308 Å². The van der Waals surface area contributed by atoms with E-state index in [4.69, 9.17) is 15.3 Å². The van der Waals surface area contributed by atoms with Crippen LogP contribution in [0.25, 0.3) is 0 Å². The molecule has 0 radical (unpaired) electrons. The van der Waals surface area contributed by atoms with Crippen LogP contribution in [0.5, 0.6) is 5.75 Å². The summed E-state index contributed by atoms with van der Waals surface area (Å²) in [6.07, 6.45) is -28.9. The van der Waals surface area contributed by atoms with Gasteiger partial charge in [0.1, 0.15) is 5.75 Å². The van der Waals surface area contributed by atoms with E-state index in [9.17, 15) is 88.6 Å². The maximum atomic E-state index is 12.1. The molecule has 24 heteroatoms. The van der Waals surface area contributed by atoms with Gasteiger partial charge in [-0.3, -0.25) is 0 Å². The molecular weight excluding hydrogens is 886 g/mol. The zero-order valence-electron chi connectivity index (χ0n) is 26.4. The van der Waals surface area contributed by atoms with Crippen LogP contribution in [0.2, 0.25) is 0 Å². The highest BCUT2D eigenvalue weighted by Crippen LogP contribution is 2.39. The van der Waals surface area contributed by atoms with Crippen LogP contribution in [-0.2, 0) is 37.1 Å². The summed E-state index contributed by atoms with van der Waals surface area (Å²) < 4.78 is 217. The molecule has 308 valence electrons. The van der Waals surface area contributed by atoms with E-state index in [1.807, 2.05) is 0 Å². The maximum Gasteiger partial charge on any atom is 0.416 e. The smallest absolute Gasteiger partial charge is 0.416 e. The first kappa shape index (κ1) is 48.9. The maximum absolute atomic E-state index is 12.1. The van der Waals surface area contributed by atoms with Gasteiger partial charge in [0.15, 0.2) is 0 Å². The van der Waals surface area contributed by atoms with Gasteiger partial charge in [-0.1, -0.05) is 28.1 Å². The zero-order chi connectivity index (χ0) is 43.8. The minimum Gasteiger partial charge on any atom is -0.508 e. The number of carboxylic acid groups (broad SMARTS) is 2. The molecule has 0 aliphatic carbocycles. The predicted molar refractivity (Wildman–Crippen MR) is 159 cm³/mol. The molecule has 4 aromatic rings. The lowest BCUT2D eigenvalue weighted by molar-refractivity contribution is -0.144. The first-order chi connectivity index (χ1) is 25.0. The lowest BCUT2D eigenvalue weighted by Crippen LogP contribution is -2.10. The third-order valence-electron chi connectivity index (χ3n) is 6.00. The summed E-state index contributed by atoms with van der Waals surface area (Å²) in [5.74, 6) is -3.33. The van der Waals surface area contributed by atoms with Crippen LogP contribution in [0, 0.1) is 0 Å². The van der Waals surface area contributed by atoms with Crippen molar-refractivity contribution in [3.05, 3.63) is 134 Å². The molecule has 56 heavy (non-hydrogen) atoms. The number of rotatable bonds is 2. The summed E-state index contributed by atoms with van der Waals surface area (Å²) in [4.78, 5) is 20.8. The minimum absolute atomic E-state index is 0.0186. The molecule has 0 saturated carbocycles. The number of benzene rings is 4. The second-order valence-electron chi connectivity index (χ2n) is 10.3. The van der Waals surface area contributed by atoms with Gasteiger partial charge in [0.05, 0.1) is 44.5 Å². The fraction of sp³-hybridized carbons (Fsp3) is 0.188. The van der Waals surface area contributed by atoms with Crippen LogP contribution in [-0.4, -0.2) is 27.3 Å². The molecule has 3 N–H and O–H groups in total. The van der Waals surface area contributed by atoms with Crippen LogP contribution in [0.4, 0.5) is 79.0 Å². The molecule has 0 aromatic heterocycles. The van der Waals surface area contributed by atoms with Crippen LogP contribution in [0.15, 0.2) is 89.4 Å². The zero-order valence-corrected chi connectivity index (χ0v) is 28.0. The van der Waals surface area contributed by atoms with Gasteiger partial charge in [-0.05, 0) is 72.8 Å². The van der Waals surface area contributed by atoms with Crippen LogP contribution >= 0.6 is 15.9 Å². The van der Waals surface area contributed by atoms with Gasteiger partial charge in [-0.25, -0.2) is 9.59 Å². The van der Waals surface area contributed by atoms with Crippen molar-refractivity contribution in [2.75, 3.05) is 0 Å². The number of phenols is 1. The van der Waals surface area contributed by atoms with E-state index in [0.717, 1.165) is 12.1 Å². The predicted octanol–water partition coefficient (Wildman–Crippen LogP) is 12.7. The number of aromatic hydroxyl groups is 1. The topological polar surface area (TPSA) is 94.8 Å². The van der Waals surface area contributed by atoms with Crippen molar-refractivity contribution in [2.24, 2.45) is 0 Å². The molecule has 0 fully saturated rings. The van der Waals surface area contributed by atoms with Crippen LogP contribution in [0.1, 0.15) is 54.1 Å². The van der Waals surface area contributed by atoms with E-state index >= 15 is 0 Å². The van der Waals surface area contributed by atoms with Crippen molar-refractivity contribution >= 4 is 27.9 Å². The summed E-state index contributed by atoms with van der Waals surface area (Å²) in [5.41, 5.74) is -8.36. The Morgan fingerprint density at radius 3 is 0.911 bits per heavy atom. The Morgan fingerprint density at radius 2 is 0.643 bits per heavy atom. The fourth-order valence-electron chi connectivity index (χ4n) is 3.51. The van der Waals surface area contributed by atoms with E-state index < -0.39 is 88.1 Å². The van der Waals surface area contributed by atoms with E-state index in [-0.39, 0.29) is 45.9 Å². The Hall–Kier alpha value is -5.16. The Bertz CT molecular complexity index is 1760. The minimum atomic E-state index is -4.92. The van der Waals surface area contributed by atoms with Crippen molar-refractivity contribution in [1.29, 1.82) is 0 Å². The number of carbonyl (C=O) groups is 2. The Kier molecular flexibility index (Phi) is 15.9. The van der Waals surface area contributed by atoms with Crippen LogP contribution in [0.3, 0.4) is 0 Å². The van der Waals surface area contributed by atoms with Crippen molar-refractivity contribution < 1.29 is 104 Å². The van der Waals surface area contributed by atoms with Gasteiger partial charge in [0.25, 0.3) is 0 Å². The second-order valence-corrected chi connectivity index (χ2v) is 11.2. The lowest BCUT2D eigenvalue weighted by Gasteiger charge is -2.11. The fourth-order valence-corrected chi connectivity index (χ4v) is 4.01. The van der Waals surface area contributed by atoms with Gasteiger partial charge in [-0.2, -0.15) is 79.0 Å². The van der Waals surface area contributed by atoms with Gasteiger partial charge < -0.3 is 15.3 Å². The summed E-state index contributed by atoms with van der Waals surface area (Å²) in [6, 6.07) is 8.86. The van der Waals surface area contributed by atoms with Crippen LogP contribution < -0.4 is 0 Å². The van der Waals surface area contributed by atoms with Crippen molar-refractivity contribution in [3.63, 3.8) is 0 Å². The van der Waals surface area contributed by atoms with Gasteiger partial charge >= 0.3 is 49.0 Å². The number of alkyl halides is 18. The van der Waals surface area contributed by atoms with Crippen molar-refractivity contribution in [1.82, 2.24) is 0 Å². The highest BCUT2D eigenvalue weighted by Gasteiger charge is 2.38. The average molecular weight is 903 g/mol. The number of hydrogen-bond donors (Lipinski definition) is 3.